The van der Waals surface area contributed by atoms with Crippen LogP contribution in [0.4, 0.5) is 8.78 Å². The van der Waals surface area contributed by atoms with Gasteiger partial charge in [0.05, 0.1) is 12.6 Å². The zero-order valence-corrected chi connectivity index (χ0v) is 12.5. The lowest BCUT2D eigenvalue weighted by Crippen LogP contribution is -2.27. The van der Waals surface area contributed by atoms with Gasteiger partial charge in [0, 0.05) is 12.5 Å². The van der Waals surface area contributed by atoms with Crippen LogP contribution in [-0.2, 0) is 9.63 Å². The Kier molecular flexibility index (Phi) is 4.21. The summed E-state index contributed by atoms with van der Waals surface area (Å²) < 4.78 is 27.4. The van der Waals surface area contributed by atoms with Gasteiger partial charge in [-0.1, -0.05) is 36.4 Å². The summed E-state index contributed by atoms with van der Waals surface area (Å²) in [5, 5.41) is 1.47. The van der Waals surface area contributed by atoms with Crippen LogP contribution in [0.1, 0.15) is 24.1 Å². The number of carbonyl (C=O) groups is 1. The zero-order valence-electron chi connectivity index (χ0n) is 12.5. The molecule has 23 heavy (non-hydrogen) atoms. The van der Waals surface area contributed by atoms with Crippen LogP contribution in [0.2, 0.25) is 0 Å². The molecule has 5 heteroatoms. The van der Waals surface area contributed by atoms with E-state index in [0.717, 1.165) is 23.8 Å². The van der Waals surface area contributed by atoms with E-state index in [1.54, 1.807) is 6.08 Å². The molecule has 0 bridgehead atoms. The van der Waals surface area contributed by atoms with Crippen molar-refractivity contribution in [1.82, 2.24) is 5.06 Å². The van der Waals surface area contributed by atoms with E-state index in [9.17, 15) is 13.6 Å². The smallest absolute Gasteiger partial charge is 0.322 e. The first-order valence-corrected chi connectivity index (χ1v) is 7.21. The van der Waals surface area contributed by atoms with E-state index >= 15 is 0 Å². The number of benzene rings is 2. The van der Waals surface area contributed by atoms with Crippen molar-refractivity contribution in [2.24, 2.45) is 0 Å². The molecule has 0 saturated heterocycles. The van der Waals surface area contributed by atoms with Crippen molar-refractivity contribution in [2.45, 2.75) is 13.0 Å². The summed E-state index contributed by atoms with van der Waals surface area (Å²) in [6.45, 7) is 1.50. The van der Waals surface area contributed by atoms with Crippen LogP contribution in [0, 0.1) is 11.6 Å². The fourth-order valence-corrected chi connectivity index (χ4v) is 2.68. The Morgan fingerprint density at radius 3 is 2.61 bits per heavy atom. The molecule has 3 rings (SSSR count). The lowest BCUT2D eigenvalue weighted by Gasteiger charge is -2.22. The standard InChI is InChI=1S/C18H15F2NO2/c1-12(22)23-21-11-14(16-10-15(19)7-8-17(16)20)9-18(21)13-5-3-2-4-6-13/h2-10,18H,11H2,1H3/t18-/m0/s1. The van der Waals surface area contributed by atoms with Gasteiger partial charge in [0.15, 0.2) is 0 Å². The third-order valence-corrected chi connectivity index (χ3v) is 3.66. The van der Waals surface area contributed by atoms with Gasteiger partial charge in [-0.15, -0.1) is 5.06 Å². The summed E-state index contributed by atoms with van der Waals surface area (Å²) in [5.74, 6) is -1.47. The molecule has 1 aliphatic heterocycles. The van der Waals surface area contributed by atoms with Gasteiger partial charge < -0.3 is 4.84 Å². The quantitative estimate of drug-likeness (QED) is 0.861. The van der Waals surface area contributed by atoms with Gasteiger partial charge in [-0.25, -0.2) is 8.78 Å². The van der Waals surface area contributed by atoms with Crippen molar-refractivity contribution in [3.63, 3.8) is 0 Å². The summed E-state index contributed by atoms with van der Waals surface area (Å²) in [5.41, 5.74) is 1.67. The summed E-state index contributed by atoms with van der Waals surface area (Å²) >= 11 is 0. The molecule has 3 nitrogen and oxygen atoms in total. The van der Waals surface area contributed by atoms with Crippen molar-refractivity contribution >= 4 is 11.5 Å². The number of hydroxylamine groups is 2. The van der Waals surface area contributed by atoms with Gasteiger partial charge in [-0.2, -0.15) is 0 Å². The van der Waals surface area contributed by atoms with Gasteiger partial charge in [0.2, 0.25) is 0 Å². The minimum Gasteiger partial charge on any atom is -0.367 e. The summed E-state index contributed by atoms with van der Waals surface area (Å²) in [4.78, 5) is 16.5. The molecule has 0 aromatic heterocycles. The average Bonchev–Trinajstić information content (AvgIpc) is 2.93. The van der Waals surface area contributed by atoms with Gasteiger partial charge in [-0.3, -0.25) is 4.79 Å². The third kappa shape index (κ3) is 3.29. The lowest BCUT2D eigenvalue weighted by molar-refractivity contribution is -0.190. The van der Waals surface area contributed by atoms with E-state index in [4.69, 9.17) is 4.84 Å². The molecule has 1 heterocycles. The summed E-state index contributed by atoms with van der Waals surface area (Å²) in [7, 11) is 0. The molecule has 0 radical (unpaired) electrons. The van der Waals surface area contributed by atoms with E-state index in [2.05, 4.69) is 0 Å². The second kappa shape index (κ2) is 6.30. The minimum atomic E-state index is -0.510. The van der Waals surface area contributed by atoms with Crippen molar-refractivity contribution in [3.8, 4) is 0 Å². The van der Waals surface area contributed by atoms with E-state index in [1.807, 2.05) is 30.3 Å². The molecule has 118 valence electrons. The van der Waals surface area contributed by atoms with Crippen LogP contribution >= 0.6 is 0 Å². The van der Waals surface area contributed by atoms with Crippen molar-refractivity contribution < 1.29 is 18.4 Å². The Morgan fingerprint density at radius 2 is 1.91 bits per heavy atom. The highest BCUT2D eigenvalue weighted by atomic mass is 19.1. The highest BCUT2D eigenvalue weighted by Gasteiger charge is 2.30. The van der Waals surface area contributed by atoms with Gasteiger partial charge >= 0.3 is 5.97 Å². The normalized spacial score (nSPS) is 17.9. The predicted molar refractivity (Wildman–Crippen MR) is 82.0 cm³/mol. The molecular weight excluding hydrogens is 300 g/mol. The second-order valence-corrected chi connectivity index (χ2v) is 5.33. The summed E-state index contributed by atoms with van der Waals surface area (Å²) in [6.07, 6.45) is 1.79. The monoisotopic (exact) mass is 315 g/mol. The molecule has 1 atom stereocenters. The number of nitrogens with zero attached hydrogens (tertiary/aromatic N) is 1. The first-order valence-electron chi connectivity index (χ1n) is 7.21. The Balaban J connectivity index is 1.99. The number of carbonyl (C=O) groups excluding carboxylic acids is 1. The first-order chi connectivity index (χ1) is 11.0. The highest BCUT2D eigenvalue weighted by Crippen LogP contribution is 2.35. The van der Waals surface area contributed by atoms with E-state index < -0.39 is 17.6 Å². The van der Waals surface area contributed by atoms with Crippen LogP contribution in [0.5, 0.6) is 0 Å². The van der Waals surface area contributed by atoms with Gasteiger partial charge in [0.1, 0.15) is 11.6 Å². The molecule has 0 unspecified atom stereocenters. The maximum absolute atomic E-state index is 14.0. The minimum absolute atomic E-state index is 0.181. The van der Waals surface area contributed by atoms with E-state index in [-0.39, 0.29) is 18.2 Å². The molecule has 0 fully saturated rings. The van der Waals surface area contributed by atoms with E-state index in [0.29, 0.717) is 5.57 Å². The predicted octanol–water partition coefficient (Wildman–Crippen LogP) is 3.88. The van der Waals surface area contributed by atoms with Crippen molar-refractivity contribution in [3.05, 3.63) is 77.4 Å². The Hall–Kier alpha value is -2.53. The van der Waals surface area contributed by atoms with Crippen molar-refractivity contribution in [1.29, 1.82) is 0 Å². The van der Waals surface area contributed by atoms with Crippen molar-refractivity contribution in [2.75, 3.05) is 6.54 Å². The Bertz CT molecular complexity index is 759. The fraction of sp³-hybridized carbons (Fsp3) is 0.167. The molecule has 2 aromatic rings. The Labute approximate surface area is 132 Å². The van der Waals surface area contributed by atoms with Crippen LogP contribution in [0.25, 0.3) is 5.57 Å². The van der Waals surface area contributed by atoms with Gasteiger partial charge in [0.25, 0.3) is 0 Å². The van der Waals surface area contributed by atoms with Crippen LogP contribution < -0.4 is 0 Å². The second-order valence-electron chi connectivity index (χ2n) is 5.33. The van der Waals surface area contributed by atoms with Crippen LogP contribution in [0.15, 0.2) is 54.6 Å². The zero-order chi connectivity index (χ0) is 16.4. The third-order valence-electron chi connectivity index (χ3n) is 3.66. The Morgan fingerprint density at radius 1 is 1.17 bits per heavy atom. The average molecular weight is 315 g/mol. The lowest BCUT2D eigenvalue weighted by atomic mass is 10.0. The highest BCUT2D eigenvalue weighted by molar-refractivity contribution is 5.71. The van der Waals surface area contributed by atoms with Crippen LogP contribution in [-0.4, -0.2) is 17.6 Å². The fourth-order valence-electron chi connectivity index (χ4n) is 2.68. The maximum Gasteiger partial charge on any atom is 0.322 e. The molecule has 0 saturated carbocycles. The molecule has 0 N–H and O–H groups in total. The SMILES string of the molecule is CC(=O)ON1CC(c2cc(F)ccc2F)=C[C@H]1c1ccccc1. The molecule has 2 aromatic carbocycles. The molecule has 0 amide bonds. The number of rotatable bonds is 3. The topological polar surface area (TPSA) is 29.5 Å². The molecule has 0 spiro atoms. The molecule has 0 aliphatic carbocycles. The summed E-state index contributed by atoms with van der Waals surface area (Å²) in [6, 6.07) is 12.4. The number of halogens is 2. The number of hydrogen-bond donors (Lipinski definition) is 0. The maximum atomic E-state index is 14.0. The molecule has 1 aliphatic rings. The van der Waals surface area contributed by atoms with Gasteiger partial charge in [-0.05, 0) is 29.3 Å². The molecular formula is C18H15F2NO2. The number of hydrogen-bond acceptors (Lipinski definition) is 3. The largest absolute Gasteiger partial charge is 0.367 e. The first kappa shape index (κ1) is 15.4. The van der Waals surface area contributed by atoms with E-state index in [1.165, 1.54) is 12.0 Å². The van der Waals surface area contributed by atoms with Crippen LogP contribution in [0.3, 0.4) is 0 Å².